The van der Waals surface area contributed by atoms with Gasteiger partial charge < -0.3 is 20.3 Å². The molecule has 0 aromatic carbocycles. The van der Waals surface area contributed by atoms with Crippen molar-refractivity contribution in [1.29, 1.82) is 0 Å². The van der Waals surface area contributed by atoms with Crippen molar-refractivity contribution >= 4 is 17.8 Å². The van der Waals surface area contributed by atoms with Crippen molar-refractivity contribution in [2.45, 2.75) is 33.2 Å². The number of hydrogen-bond acceptors (Lipinski definition) is 7. The van der Waals surface area contributed by atoms with Crippen molar-refractivity contribution in [3.63, 3.8) is 0 Å². The number of ether oxygens (including phenoxy) is 1. The van der Waals surface area contributed by atoms with Crippen molar-refractivity contribution in [2.75, 3.05) is 48.4 Å². The van der Waals surface area contributed by atoms with E-state index in [1.54, 1.807) is 0 Å². The third-order valence-corrected chi connectivity index (χ3v) is 3.56. The molecule has 1 fully saturated rings. The van der Waals surface area contributed by atoms with Gasteiger partial charge in [-0.05, 0) is 27.7 Å². The molecule has 0 radical (unpaired) electrons. The first-order chi connectivity index (χ1) is 9.47. The molecule has 0 saturated carbocycles. The standard InChI is InChI=1S/C13H24N6O/c1-5-18(6-2)11-15-10(14)16-12(17-11)19-7-8-20-9-13(19,3)4/h5-9H2,1-4H3,(H2,14,15,16,17). The number of hydrogen-bond donors (Lipinski definition) is 1. The molecule has 2 rings (SSSR count). The summed E-state index contributed by atoms with van der Waals surface area (Å²) in [5.41, 5.74) is 5.71. The zero-order valence-corrected chi connectivity index (χ0v) is 12.8. The summed E-state index contributed by atoms with van der Waals surface area (Å²) in [5.74, 6) is 1.53. The molecule has 1 saturated heterocycles. The minimum Gasteiger partial charge on any atom is -0.377 e. The van der Waals surface area contributed by atoms with Crippen LogP contribution in [0, 0.1) is 0 Å². The molecule has 1 aromatic heterocycles. The Morgan fingerprint density at radius 2 is 1.95 bits per heavy atom. The lowest BCUT2D eigenvalue weighted by Crippen LogP contribution is -2.54. The smallest absolute Gasteiger partial charge is 0.232 e. The Balaban J connectivity index is 2.36. The summed E-state index contributed by atoms with van der Waals surface area (Å²) >= 11 is 0. The van der Waals surface area contributed by atoms with Crippen LogP contribution in [0.4, 0.5) is 17.8 Å². The van der Waals surface area contributed by atoms with Gasteiger partial charge in [-0.15, -0.1) is 0 Å². The number of rotatable bonds is 4. The number of morpholine rings is 1. The minimum atomic E-state index is -0.146. The summed E-state index contributed by atoms with van der Waals surface area (Å²) in [5, 5.41) is 0. The van der Waals surface area contributed by atoms with E-state index in [2.05, 4.69) is 52.4 Å². The Hall–Kier alpha value is -1.63. The van der Waals surface area contributed by atoms with E-state index in [1.165, 1.54) is 0 Å². The van der Waals surface area contributed by atoms with Crippen LogP contribution in [0.3, 0.4) is 0 Å². The Morgan fingerprint density at radius 3 is 2.55 bits per heavy atom. The van der Waals surface area contributed by atoms with Crippen LogP contribution in [0.25, 0.3) is 0 Å². The molecule has 0 atom stereocenters. The van der Waals surface area contributed by atoms with E-state index in [-0.39, 0.29) is 11.5 Å². The Kier molecular flexibility index (Phi) is 4.27. The zero-order chi connectivity index (χ0) is 14.8. The van der Waals surface area contributed by atoms with E-state index >= 15 is 0 Å². The van der Waals surface area contributed by atoms with E-state index in [4.69, 9.17) is 10.5 Å². The van der Waals surface area contributed by atoms with Crippen LogP contribution in [0.2, 0.25) is 0 Å². The molecule has 0 aliphatic carbocycles. The molecule has 2 heterocycles. The maximum Gasteiger partial charge on any atom is 0.232 e. The third kappa shape index (κ3) is 2.92. The van der Waals surface area contributed by atoms with Crippen molar-refractivity contribution < 1.29 is 4.74 Å². The van der Waals surface area contributed by atoms with E-state index < -0.39 is 0 Å². The summed E-state index contributed by atoms with van der Waals surface area (Å²) in [4.78, 5) is 17.3. The summed E-state index contributed by atoms with van der Waals surface area (Å²) in [6, 6.07) is 0. The fraction of sp³-hybridized carbons (Fsp3) is 0.769. The van der Waals surface area contributed by atoms with E-state index in [1.807, 2.05) is 0 Å². The summed E-state index contributed by atoms with van der Waals surface area (Å²) in [7, 11) is 0. The highest BCUT2D eigenvalue weighted by atomic mass is 16.5. The van der Waals surface area contributed by atoms with Crippen molar-refractivity contribution in [2.24, 2.45) is 0 Å². The molecule has 1 aromatic rings. The molecule has 7 nitrogen and oxygen atoms in total. The number of nitrogen functional groups attached to an aromatic ring is 1. The second-order valence-corrected chi connectivity index (χ2v) is 5.48. The highest BCUT2D eigenvalue weighted by Crippen LogP contribution is 2.25. The van der Waals surface area contributed by atoms with E-state index in [0.29, 0.717) is 25.1 Å². The van der Waals surface area contributed by atoms with Gasteiger partial charge >= 0.3 is 0 Å². The molecule has 1 aliphatic heterocycles. The molecule has 0 unspecified atom stereocenters. The van der Waals surface area contributed by atoms with Gasteiger partial charge in [0.05, 0.1) is 18.8 Å². The van der Waals surface area contributed by atoms with Gasteiger partial charge in [-0.3, -0.25) is 0 Å². The van der Waals surface area contributed by atoms with Crippen LogP contribution in [0.15, 0.2) is 0 Å². The molecular formula is C13H24N6O. The number of nitrogens with zero attached hydrogens (tertiary/aromatic N) is 5. The first-order valence-corrected chi connectivity index (χ1v) is 7.09. The van der Waals surface area contributed by atoms with Gasteiger partial charge in [-0.2, -0.15) is 15.0 Å². The second-order valence-electron chi connectivity index (χ2n) is 5.48. The van der Waals surface area contributed by atoms with Crippen molar-refractivity contribution in [3.05, 3.63) is 0 Å². The lowest BCUT2D eigenvalue weighted by Gasteiger charge is -2.42. The summed E-state index contributed by atoms with van der Waals surface area (Å²) in [6.07, 6.45) is 0. The summed E-state index contributed by atoms with van der Waals surface area (Å²) < 4.78 is 5.53. The first kappa shape index (κ1) is 14.8. The second kappa shape index (κ2) is 5.78. The van der Waals surface area contributed by atoms with Gasteiger partial charge in [-0.1, -0.05) is 0 Å². The van der Waals surface area contributed by atoms with Crippen molar-refractivity contribution in [1.82, 2.24) is 15.0 Å². The Morgan fingerprint density at radius 1 is 1.25 bits per heavy atom. The maximum absolute atomic E-state index is 5.86. The van der Waals surface area contributed by atoms with E-state index in [0.717, 1.165) is 19.6 Å². The summed E-state index contributed by atoms with van der Waals surface area (Å²) in [6.45, 7) is 12.1. The van der Waals surface area contributed by atoms with Gasteiger partial charge in [0.25, 0.3) is 0 Å². The van der Waals surface area contributed by atoms with E-state index in [9.17, 15) is 0 Å². The predicted octanol–water partition coefficient (Wildman–Crippen LogP) is 0.915. The van der Waals surface area contributed by atoms with Crippen LogP contribution < -0.4 is 15.5 Å². The van der Waals surface area contributed by atoms with Crippen LogP contribution in [-0.2, 0) is 4.74 Å². The van der Waals surface area contributed by atoms with Crippen LogP contribution in [0.1, 0.15) is 27.7 Å². The van der Waals surface area contributed by atoms with Gasteiger partial charge in [0.15, 0.2) is 0 Å². The first-order valence-electron chi connectivity index (χ1n) is 7.09. The SMILES string of the molecule is CCN(CC)c1nc(N)nc(N2CCOCC2(C)C)n1. The highest BCUT2D eigenvalue weighted by Gasteiger charge is 2.33. The normalized spacial score (nSPS) is 18.1. The molecule has 1 aliphatic rings. The molecule has 0 amide bonds. The van der Waals surface area contributed by atoms with Gasteiger partial charge in [0.1, 0.15) is 0 Å². The molecular weight excluding hydrogens is 256 g/mol. The molecule has 2 N–H and O–H groups in total. The fourth-order valence-electron chi connectivity index (χ4n) is 2.37. The molecule has 20 heavy (non-hydrogen) atoms. The monoisotopic (exact) mass is 280 g/mol. The Bertz CT molecular complexity index is 460. The van der Waals surface area contributed by atoms with Gasteiger partial charge in [0.2, 0.25) is 17.8 Å². The number of nitrogens with two attached hydrogens (primary N) is 1. The average molecular weight is 280 g/mol. The lowest BCUT2D eigenvalue weighted by atomic mass is 10.0. The molecule has 0 spiro atoms. The van der Waals surface area contributed by atoms with Gasteiger partial charge in [-0.25, -0.2) is 0 Å². The topological polar surface area (TPSA) is 80.4 Å². The lowest BCUT2D eigenvalue weighted by molar-refractivity contribution is 0.0634. The minimum absolute atomic E-state index is 0.146. The Labute approximate surface area is 120 Å². The van der Waals surface area contributed by atoms with Gasteiger partial charge in [0, 0.05) is 19.6 Å². The number of anilines is 3. The maximum atomic E-state index is 5.86. The molecule has 0 bridgehead atoms. The number of aromatic nitrogens is 3. The van der Waals surface area contributed by atoms with Crippen LogP contribution in [-0.4, -0.2) is 53.3 Å². The molecule has 7 heteroatoms. The van der Waals surface area contributed by atoms with Crippen LogP contribution >= 0.6 is 0 Å². The predicted molar refractivity (Wildman–Crippen MR) is 80.0 cm³/mol. The largest absolute Gasteiger partial charge is 0.377 e. The van der Waals surface area contributed by atoms with Crippen LogP contribution in [0.5, 0.6) is 0 Å². The highest BCUT2D eigenvalue weighted by molar-refractivity contribution is 5.45. The van der Waals surface area contributed by atoms with Crippen molar-refractivity contribution in [3.8, 4) is 0 Å². The zero-order valence-electron chi connectivity index (χ0n) is 12.8. The fourth-order valence-corrected chi connectivity index (χ4v) is 2.37. The quantitative estimate of drug-likeness (QED) is 0.878. The average Bonchev–Trinajstić information content (AvgIpc) is 2.39. The molecule has 112 valence electrons. The third-order valence-electron chi connectivity index (χ3n) is 3.56.